The van der Waals surface area contributed by atoms with Crippen LogP contribution in [0.2, 0.25) is 5.15 Å². The number of pyridine rings is 3. The van der Waals surface area contributed by atoms with Crippen molar-refractivity contribution < 1.29 is 9.53 Å². The molecule has 0 spiro atoms. The first kappa shape index (κ1) is 24.7. The number of hydrogen-bond acceptors (Lipinski definition) is 7. The van der Waals surface area contributed by atoms with Crippen molar-refractivity contribution in [2.75, 3.05) is 23.3 Å². The van der Waals surface area contributed by atoms with Crippen LogP contribution in [0.25, 0.3) is 17.1 Å². The number of anilines is 3. The van der Waals surface area contributed by atoms with Gasteiger partial charge in [-0.25, -0.2) is 14.8 Å². The molecule has 1 aliphatic heterocycles. The molecule has 2 N–H and O–H groups in total. The maximum Gasteiger partial charge on any atom is 0.407 e. The molecule has 0 unspecified atom stereocenters. The number of carbonyl (C=O) groups is 1. The Kier molecular flexibility index (Phi) is 7.40. The third kappa shape index (κ3) is 6.39. The van der Waals surface area contributed by atoms with Crippen LogP contribution in [0, 0.1) is 0 Å². The van der Waals surface area contributed by atoms with Gasteiger partial charge in [0.05, 0.1) is 23.1 Å². The third-order valence-corrected chi connectivity index (χ3v) is 5.75. The van der Waals surface area contributed by atoms with Crippen LogP contribution >= 0.6 is 11.6 Å². The predicted molar refractivity (Wildman–Crippen MR) is 141 cm³/mol. The van der Waals surface area contributed by atoms with Crippen molar-refractivity contribution in [3.05, 3.63) is 53.5 Å². The topological polar surface area (TPSA) is 92.3 Å². The Labute approximate surface area is 210 Å². The second kappa shape index (κ2) is 10.5. The number of aromatic nitrogens is 3. The first-order valence-electron chi connectivity index (χ1n) is 11.8. The van der Waals surface area contributed by atoms with Crippen LogP contribution in [0.15, 0.2) is 42.7 Å². The number of piperidine rings is 1. The molecule has 0 aromatic carbocycles. The van der Waals surface area contributed by atoms with E-state index >= 15 is 0 Å². The van der Waals surface area contributed by atoms with Crippen molar-refractivity contribution in [3.63, 3.8) is 0 Å². The zero-order valence-electron chi connectivity index (χ0n) is 20.5. The van der Waals surface area contributed by atoms with E-state index in [2.05, 4.69) is 30.5 Å². The van der Waals surface area contributed by atoms with Gasteiger partial charge in [-0.05, 0) is 64.8 Å². The van der Waals surface area contributed by atoms with Crippen LogP contribution < -0.4 is 15.5 Å². The Hall–Kier alpha value is -3.39. The molecule has 1 saturated heterocycles. The van der Waals surface area contributed by atoms with Gasteiger partial charge in [0.25, 0.3) is 0 Å². The van der Waals surface area contributed by atoms with E-state index in [1.165, 1.54) is 0 Å². The summed E-state index contributed by atoms with van der Waals surface area (Å²) in [7, 11) is 0. The van der Waals surface area contributed by atoms with Crippen LogP contribution in [0.3, 0.4) is 0 Å². The largest absolute Gasteiger partial charge is 0.444 e. The number of ether oxygens (including phenoxy) is 1. The van der Waals surface area contributed by atoms with Crippen molar-refractivity contribution in [2.45, 2.75) is 52.2 Å². The monoisotopic (exact) mass is 494 g/mol. The van der Waals surface area contributed by atoms with Gasteiger partial charge < -0.3 is 20.3 Å². The molecule has 0 radical (unpaired) electrons. The van der Waals surface area contributed by atoms with Crippen molar-refractivity contribution in [2.24, 2.45) is 0 Å². The second-order valence-corrected chi connectivity index (χ2v) is 9.94. The van der Waals surface area contributed by atoms with Gasteiger partial charge in [-0.3, -0.25) is 4.98 Å². The van der Waals surface area contributed by atoms with E-state index in [-0.39, 0.29) is 12.1 Å². The number of amides is 1. The molecule has 0 aliphatic carbocycles. The van der Waals surface area contributed by atoms with Crippen molar-refractivity contribution >= 4 is 52.0 Å². The molecule has 1 atom stereocenters. The number of nitrogens with one attached hydrogen (secondary N) is 2. The summed E-state index contributed by atoms with van der Waals surface area (Å²) < 4.78 is 5.40. The molecule has 9 heteroatoms. The number of rotatable bonds is 5. The number of fused-ring (bicyclic) bond motifs is 1. The van der Waals surface area contributed by atoms with Gasteiger partial charge >= 0.3 is 6.09 Å². The first-order valence-corrected chi connectivity index (χ1v) is 12.1. The van der Waals surface area contributed by atoms with Crippen LogP contribution in [-0.4, -0.2) is 45.8 Å². The van der Waals surface area contributed by atoms with Gasteiger partial charge in [-0.2, -0.15) is 0 Å². The number of hydrogen-bond donors (Lipinski definition) is 2. The highest BCUT2D eigenvalue weighted by Crippen LogP contribution is 2.30. The molecule has 35 heavy (non-hydrogen) atoms. The molecule has 1 aliphatic rings. The summed E-state index contributed by atoms with van der Waals surface area (Å²) in [6.07, 6.45) is 9.04. The van der Waals surface area contributed by atoms with E-state index in [9.17, 15) is 4.79 Å². The lowest BCUT2D eigenvalue weighted by Gasteiger charge is -2.34. The molecule has 0 bridgehead atoms. The SMILES string of the molecule is CC=Cc1cnc2ccc(Cl)nc2c1Nc1ccc(N2CCC[C@@H](NC(=O)OC(C)(C)C)C2)nc1. The summed E-state index contributed by atoms with van der Waals surface area (Å²) in [5.74, 6) is 0.862. The molecule has 8 nitrogen and oxygen atoms in total. The predicted octanol–water partition coefficient (Wildman–Crippen LogP) is 5.95. The summed E-state index contributed by atoms with van der Waals surface area (Å²) in [5.41, 5.74) is 3.50. The van der Waals surface area contributed by atoms with Gasteiger partial charge in [0.15, 0.2) is 0 Å². The fourth-order valence-corrected chi connectivity index (χ4v) is 4.21. The first-order chi connectivity index (χ1) is 16.7. The minimum Gasteiger partial charge on any atom is -0.444 e. The van der Waals surface area contributed by atoms with Gasteiger partial charge in [0.1, 0.15) is 22.1 Å². The normalized spacial score (nSPS) is 16.5. The average Bonchev–Trinajstić information content (AvgIpc) is 2.80. The summed E-state index contributed by atoms with van der Waals surface area (Å²) in [6.45, 7) is 9.11. The number of alkyl carbamates (subject to hydrolysis) is 1. The number of nitrogens with zero attached hydrogens (tertiary/aromatic N) is 4. The van der Waals surface area contributed by atoms with Crippen molar-refractivity contribution in [3.8, 4) is 0 Å². The molecule has 1 amide bonds. The molecular weight excluding hydrogens is 464 g/mol. The highest BCUT2D eigenvalue weighted by molar-refractivity contribution is 6.29. The highest BCUT2D eigenvalue weighted by atomic mass is 35.5. The Morgan fingerprint density at radius 2 is 2.03 bits per heavy atom. The summed E-state index contributed by atoms with van der Waals surface area (Å²) in [6, 6.07) is 7.58. The molecule has 184 valence electrons. The Morgan fingerprint density at radius 1 is 1.20 bits per heavy atom. The zero-order chi connectivity index (χ0) is 25.0. The maximum absolute atomic E-state index is 12.2. The minimum absolute atomic E-state index is 0.0144. The lowest BCUT2D eigenvalue weighted by molar-refractivity contribution is 0.0500. The lowest BCUT2D eigenvalue weighted by Crippen LogP contribution is -2.49. The molecular formula is C26H31ClN6O2. The van der Waals surface area contributed by atoms with Gasteiger partial charge in [-0.1, -0.05) is 23.8 Å². The zero-order valence-corrected chi connectivity index (χ0v) is 21.3. The number of allylic oxidation sites excluding steroid dienone is 1. The van der Waals surface area contributed by atoms with Gasteiger partial charge in [0.2, 0.25) is 0 Å². The highest BCUT2D eigenvalue weighted by Gasteiger charge is 2.25. The fourth-order valence-electron chi connectivity index (χ4n) is 4.06. The van der Waals surface area contributed by atoms with E-state index in [0.29, 0.717) is 17.2 Å². The van der Waals surface area contributed by atoms with Crippen LogP contribution in [0.1, 0.15) is 46.1 Å². The smallest absolute Gasteiger partial charge is 0.407 e. The summed E-state index contributed by atoms with van der Waals surface area (Å²) in [4.78, 5) is 28.0. The van der Waals surface area contributed by atoms with Gasteiger partial charge in [-0.15, -0.1) is 0 Å². The molecule has 3 aromatic heterocycles. The second-order valence-electron chi connectivity index (χ2n) is 9.55. The minimum atomic E-state index is -0.517. The van der Waals surface area contributed by atoms with Crippen LogP contribution in [0.4, 0.5) is 22.0 Å². The van der Waals surface area contributed by atoms with Crippen LogP contribution in [-0.2, 0) is 4.74 Å². The quantitative estimate of drug-likeness (QED) is 0.423. The molecule has 3 aromatic rings. The van der Waals surface area contributed by atoms with E-state index in [0.717, 1.165) is 47.7 Å². The van der Waals surface area contributed by atoms with Crippen molar-refractivity contribution in [1.82, 2.24) is 20.3 Å². The van der Waals surface area contributed by atoms with E-state index in [1.54, 1.807) is 12.3 Å². The molecule has 0 saturated carbocycles. The van der Waals surface area contributed by atoms with E-state index < -0.39 is 5.60 Å². The Bertz CT molecular complexity index is 1220. The van der Waals surface area contributed by atoms with Gasteiger partial charge in [0, 0.05) is 30.9 Å². The Balaban J connectivity index is 1.49. The van der Waals surface area contributed by atoms with E-state index in [4.69, 9.17) is 16.3 Å². The third-order valence-electron chi connectivity index (χ3n) is 5.54. The van der Waals surface area contributed by atoms with E-state index in [1.807, 2.05) is 64.2 Å². The molecule has 4 heterocycles. The molecule has 4 rings (SSSR count). The average molecular weight is 495 g/mol. The summed E-state index contributed by atoms with van der Waals surface area (Å²) in [5, 5.41) is 6.84. The lowest BCUT2D eigenvalue weighted by atomic mass is 10.1. The summed E-state index contributed by atoms with van der Waals surface area (Å²) >= 11 is 6.17. The molecule has 1 fully saturated rings. The van der Waals surface area contributed by atoms with Crippen LogP contribution in [0.5, 0.6) is 0 Å². The standard InChI is InChI=1S/C26H31ClN6O2/c1-5-7-17-14-28-20-10-11-21(27)32-24(20)23(17)30-18-9-12-22(29-15-18)33-13-6-8-19(16-33)31-25(34)35-26(2,3)4/h5,7,9-12,14-15,19H,6,8,13,16H2,1-4H3,(H,28,30)(H,31,34)/t19-/m1/s1. The Morgan fingerprint density at radius 3 is 2.74 bits per heavy atom. The maximum atomic E-state index is 12.2. The number of carbonyl (C=O) groups excluding carboxylic acids is 1. The fraction of sp³-hybridized carbons (Fsp3) is 0.385. The van der Waals surface area contributed by atoms with Crippen molar-refractivity contribution in [1.29, 1.82) is 0 Å². The number of halogens is 1.